The Morgan fingerprint density at radius 1 is 0.960 bits per heavy atom. The number of benzene rings is 2. The van der Waals surface area contributed by atoms with Crippen molar-refractivity contribution >= 4 is 27.8 Å². The number of rotatable bonds is 2. The van der Waals surface area contributed by atoms with Gasteiger partial charge in [0.15, 0.2) is 11.5 Å². The molecule has 0 spiro atoms. The Morgan fingerprint density at radius 3 is 2.56 bits per heavy atom. The number of fused-ring (bicyclic) bond motifs is 4. The normalized spacial score (nSPS) is 11.6. The van der Waals surface area contributed by atoms with E-state index in [1.54, 1.807) is 11.6 Å². The fraction of sp³-hybridized carbons (Fsp3) is 0.111. The van der Waals surface area contributed by atoms with Crippen LogP contribution in [0.1, 0.15) is 0 Å². The predicted molar refractivity (Wildman–Crippen MR) is 94.5 cm³/mol. The molecule has 0 amide bonds. The van der Waals surface area contributed by atoms with Gasteiger partial charge in [-0.15, -0.1) is 10.2 Å². The third kappa shape index (κ3) is 1.92. The van der Waals surface area contributed by atoms with Crippen molar-refractivity contribution in [3.8, 4) is 17.1 Å². The van der Waals surface area contributed by atoms with E-state index in [0.29, 0.717) is 11.6 Å². The van der Waals surface area contributed by atoms with Gasteiger partial charge in [-0.3, -0.25) is 0 Å². The Kier molecular flexibility index (Phi) is 2.79. The summed E-state index contributed by atoms with van der Waals surface area (Å²) in [6.45, 7) is 0. The summed E-state index contributed by atoms with van der Waals surface area (Å²) in [6.07, 6.45) is 0. The molecule has 5 aromatic rings. The van der Waals surface area contributed by atoms with Crippen LogP contribution in [0.2, 0.25) is 0 Å². The molecule has 0 saturated carbocycles. The highest BCUT2D eigenvalue weighted by Crippen LogP contribution is 2.26. The van der Waals surface area contributed by atoms with E-state index in [1.165, 1.54) is 0 Å². The molecule has 3 aromatic heterocycles. The van der Waals surface area contributed by atoms with E-state index in [4.69, 9.17) is 9.84 Å². The van der Waals surface area contributed by atoms with Crippen molar-refractivity contribution in [3.05, 3.63) is 48.5 Å². The molecule has 0 aliphatic carbocycles. The van der Waals surface area contributed by atoms with Crippen molar-refractivity contribution in [1.82, 2.24) is 29.4 Å². The average Bonchev–Trinajstić information content (AvgIpc) is 3.20. The number of ether oxygens (including phenoxy) is 1. The lowest BCUT2D eigenvalue weighted by molar-refractivity contribution is 0.415. The molecule has 0 N–H and O–H groups in total. The molecule has 0 radical (unpaired) electrons. The molecule has 7 heteroatoms. The lowest BCUT2D eigenvalue weighted by Crippen LogP contribution is -1.99. The van der Waals surface area contributed by atoms with Gasteiger partial charge in [0.1, 0.15) is 11.3 Å². The maximum atomic E-state index is 5.21. The van der Waals surface area contributed by atoms with E-state index in [-0.39, 0.29) is 0 Å². The largest absolute Gasteiger partial charge is 0.497 e. The van der Waals surface area contributed by atoms with Gasteiger partial charge < -0.3 is 9.30 Å². The monoisotopic (exact) mass is 330 g/mol. The van der Waals surface area contributed by atoms with Gasteiger partial charge in [0, 0.05) is 18.0 Å². The summed E-state index contributed by atoms with van der Waals surface area (Å²) in [5, 5.41) is 14.3. The van der Waals surface area contributed by atoms with Gasteiger partial charge >= 0.3 is 0 Å². The quantitative estimate of drug-likeness (QED) is 0.498. The van der Waals surface area contributed by atoms with E-state index in [0.717, 1.165) is 33.4 Å². The molecule has 0 aliphatic rings. The Hall–Kier alpha value is -3.48. The molecule has 2 aromatic carbocycles. The van der Waals surface area contributed by atoms with Gasteiger partial charge in [-0.1, -0.05) is 18.2 Å². The molecule has 25 heavy (non-hydrogen) atoms. The van der Waals surface area contributed by atoms with Crippen LogP contribution in [0, 0.1) is 0 Å². The molecule has 0 fully saturated rings. The minimum atomic E-state index is 0.476. The summed E-state index contributed by atoms with van der Waals surface area (Å²) >= 11 is 0. The van der Waals surface area contributed by atoms with Crippen molar-refractivity contribution in [3.63, 3.8) is 0 Å². The summed E-state index contributed by atoms with van der Waals surface area (Å²) < 4.78 is 8.93. The first kappa shape index (κ1) is 13.9. The fourth-order valence-electron chi connectivity index (χ4n) is 3.13. The highest BCUT2D eigenvalue weighted by Gasteiger charge is 2.16. The molecule has 122 valence electrons. The SMILES string of the molecule is COc1ccc(-c2nnc3nc4c(nn23)c2ccccc2n4C)cc1. The van der Waals surface area contributed by atoms with Crippen LogP contribution in [0.3, 0.4) is 0 Å². The average molecular weight is 330 g/mol. The van der Waals surface area contributed by atoms with Crippen molar-refractivity contribution in [2.75, 3.05) is 7.11 Å². The molecule has 5 rings (SSSR count). The number of aromatic nitrogens is 6. The molecule has 3 heterocycles. The molecular formula is C18H14N6O. The zero-order valence-electron chi connectivity index (χ0n) is 13.7. The topological polar surface area (TPSA) is 70.1 Å². The number of hydrogen-bond acceptors (Lipinski definition) is 5. The van der Waals surface area contributed by atoms with Gasteiger partial charge in [-0.05, 0) is 30.3 Å². The number of hydrogen-bond donors (Lipinski definition) is 0. The molecule has 0 aliphatic heterocycles. The third-order valence-electron chi connectivity index (χ3n) is 4.43. The molecular weight excluding hydrogens is 316 g/mol. The van der Waals surface area contributed by atoms with Crippen molar-refractivity contribution < 1.29 is 4.74 Å². The van der Waals surface area contributed by atoms with Gasteiger partial charge in [-0.2, -0.15) is 14.6 Å². The minimum absolute atomic E-state index is 0.476. The second-order valence-electron chi connectivity index (χ2n) is 5.82. The van der Waals surface area contributed by atoms with Gasteiger partial charge in [0.05, 0.1) is 12.6 Å². The number of aryl methyl sites for hydroxylation is 1. The highest BCUT2D eigenvalue weighted by molar-refractivity contribution is 6.04. The number of nitrogens with zero attached hydrogens (tertiary/aromatic N) is 6. The molecule has 0 bridgehead atoms. The zero-order valence-corrected chi connectivity index (χ0v) is 13.7. The second-order valence-corrected chi connectivity index (χ2v) is 5.82. The van der Waals surface area contributed by atoms with Crippen LogP contribution in [0.4, 0.5) is 0 Å². The lowest BCUT2D eigenvalue weighted by atomic mass is 10.2. The van der Waals surface area contributed by atoms with Crippen LogP contribution in [0.15, 0.2) is 48.5 Å². The Labute approximate surface area is 142 Å². The Balaban J connectivity index is 1.81. The smallest absolute Gasteiger partial charge is 0.274 e. The van der Waals surface area contributed by atoms with Gasteiger partial charge in [0.2, 0.25) is 0 Å². The Morgan fingerprint density at radius 2 is 1.76 bits per heavy atom. The molecule has 0 atom stereocenters. The van der Waals surface area contributed by atoms with Gasteiger partial charge in [-0.25, -0.2) is 0 Å². The van der Waals surface area contributed by atoms with Crippen LogP contribution in [-0.2, 0) is 7.05 Å². The zero-order chi connectivity index (χ0) is 17.0. The van der Waals surface area contributed by atoms with E-state index in [9.17, 15) is 0 Å². The molecule has 0 saturated heterocycles. The molecule has 7 nitrogen and oxygen atoms in total. The second kappa shape index (κ2) is 5.01. The van der Waals surface area contributed by atoms with Gasteiger partial charge in [0.25, 0.3) is 5.78 Å². The van der Waals surface area contributed by atoms with E-state index < -0.39 is 0 Å². The van der Waals surface area contributed by atoms with E-state index in [2.05, 4.69) is 27.3 Å². The number of para-hydroxylation sites is 1. The Bertz CT molecular complexity index is 1240. The van der Waals surface area contributed by atoms with Crippen molar-refractivity contribution in [1.29, 1.82) is 0 Å². The standard InChI is InChI=1S/C18H14N6O/c1-23-14-6-4-3-5-13(14)15-17(23)19-18-21-20-16(24(18)22-15)11-7-9-12(25-2)10-8-11/h3-10H,1-2H3. The first-order chi connectivity index (χ1) is 12.3. The summed E-state index contributed by atoms with van der Waals surface area (Å²) in [7, 11) is 3.63. The summed E-state index contributed by atoms with van der Waals surface area (Å²) in [5.41, 5.74) is 3.62. The van der Waals surface area contributed by atoms with E-state index >= 15 is 0 Å². The summed E-state index contributed by atoms with van der Waals surface area (Å²) in [5.74, 6) is 1.92. The summed E-state index contributed by atoms with van der Waals surface area (Å²) in [4.78, 5) is 4.66. The minimum Gasteiger partial charge on any atom is -0.497 e. The van der Waals surface area contributed by atoms with E-state index in [1.807, 2.05) is 48.0 Å². The van der Waals surface area contributed by atoms with Crippen LogP contribution in [0.25, 0.3) is 39.2 Å². The molecule has 0 unspecified atom stereocenters. The van der Waals surface area contributed by atoms with Crippen LogP contribution in [-0.4, -0.2) is 36.5 Å². The first-order valence-electron chi connectivity index (χ1n) is 7.87. The maximum Gasteiger partial charge on any atom is 0.274 e. The highest BCUT2D eigenvalue weighted by atomic mass is 16.5. The van der Waals surface area contributed by atoms with Crippen LogP contribution in [0.5, 0.6) is 5.75 Å². The van der Waals surface area contributed by atoms with Crippen molar-refractivity contribution in [2.45, 2.75) is 0 Å². The summed E-state index contributed by atoms with van der Waals surface area (Å²) in [6, 6.07) is 15.8. The predicted octanol–water partition coefficient (Wildman–Crippen LogP) is 2.84. The lowest BCUT2D eigenvalue weighted by Gasteiger charge is -2.02. The maximum absolute atomic E-state index is 5.21. The van der Waals surface area contributed by atoms with Crippen LogP contribution < -0.4 is 4.74 Å². The van der Waals surface area contributed by atoms with Crippen molar-refractivity contribution in [2.24, 2.45) is 7.05 Å². The third-order valence-corrected chi connectivity index (χ3v) is 4.43. The van der Waals surface area contributed by atoms with Crippen LogP contribution >= 0.6 is 0 Å². The first-order valence-corrected chi connectivity index (χ1v) is 7.87. The fourth-order valence-corrected chi connectivity index (χ4v) is 3.13. The number of methoxy groups -OCH3 is 1.